The van der Waals surface area contributed by atoms with Crippen LogP contribution in [0.2, 0.25) is 0 Å². The smallest absolute Gasteiger partial charge is 0.00141 e. The molecule has 1 aliphatic carbocycles. The van der Waals surface area contributed by atoms with Gasteiger partial charge >= 0.3 is 0 Å². The van der Waals surface area contributed by atoms with E-state index in [1.807, 2.05) is 0 Å². The highest BCUT2D eigenvalue weighted by Crippen LogP contribution is 2.43. The van der Waals surface area contributed by atoms with Gasteiger partial charge in [-0.3, -0.25) is 0 Å². The van der Waals surface area contributed by atoms with Crippen molar-refractivity contribution in [1.29, 1.82) is 0 Å². The van der Waals surface area contributed by atoms with E-state index in [4.69, 9.17) is 0 Å². The fourth-order valence-electron chi connectivity index (χ4n) is 7.69. The molecule has 3 aromatic rings. The molecule has 0 N–H and O–H groups in total. The van der Waals surface area contributed by atoms with Crippen LogP contribution in [0.15, 0.2) is 24.3 Å². The normalized spacial score (nSPS) is 12.7. The van der Waals surface area contributed by atoms with Gasteiger partial charge in [-0.25, -0.2) is 0 Å². The maximum Gasteiger partial charge on any atom is -0.00141 e. The van der Waals surface area contributed by atoms with Gasteiger partial charge in [-0.1, -0.05) is 104 Å². The molecule has 0 aliphatic heterocycles. The predicted molar refractivity (Wildman–Crippen MR) is 178 cm³/mol. The van der Waals surface area contributed by atoms with Gasteiger partial charge in [0.05, 0.1) is 0 Å². The topological polar surface area (TPSA) is 0 Å². The third-order valence-electron chi connectivity index (χ3n) is 9.68. The van der Waals surface area contributed by atoms with Gasteiger partial charge in [0.1, 0.15) is 0 Å². The zero-order valence-electron chi connectivity index (χ0n) is 27.0. The first-order chi connectivity index (χ1) is 19.6. The van der Waals surface area contributed by atoms with E-state index in [-0.39, 0.29) is 0 Å². The summed E-state index contributed by atoms with van der Waals surface area (Å²) in [4.78, 5) is 0. The van der Waals surface area contributed by atoms with Crippen molar-refractivity contribution < 1.29 is 0 Å². The number of rotatable bonds is 16. The minimum absolute atomic E-state index is 1.17. The molecule has 0 aromatic heterocycles. The molecule has 218 valence electrons. The molecule has 0 nitrogen and oxygen atoms in total. The van der Waals surface area contributed by atoms with Gasteiger partial charge in [-0.15, -0.1) is 0 Å². The molecule has 0 atom stereocenters. The first-order valence-electron chi connectivity index (χ1n) is 17.4. The van der Waals surface area contributed by atoms with Crippen LogP contribution in [0, 0.1) is 0 Å². The van der Waals surface area contributed by atoms with Gasteiger partial charge in [-0.2, -0.15) is 0 Å². The van der Waals surface area contributed by atoms with Crippen LogP contribution in [-0.4, -0.2) is 0 Å². The van der Waals surface area contributed by atoms with Crippen molar-refractivity contribution in [1.82, 2.24) is 0 Å². The Labute approximate surface area is 247 Å². The standard InChI is InChI=1S/C40H58/c1-7-13-21-31-32(22-14-8-2)36(24-16-10-4)40-28-38-30(20-12-6)34-26-18-17-25-33(34)29(19-11-5)37(38)27-39(40)35(31)23-15-9-3/h17-18,25-26H,7-16,19-24,27-28H2,1-6H3. The lowest BCUT2D eigenvalue weighted by Gasteiger charge is -2.34. The van der Waals surface area contributed by atoms with Crippen molar-refractivity contribution in [2.75, 3.05) is 0 Å². The highest BCUT2D eigenvalue weighted by molar-refractivity contribution is 5.92. The molecular weight excluding hydrogens is 480 g/mol. The van der Waals surface area contributed by atoms with Gasteiger partial charge in [0, 0.05) is 0 Å². The van der Waals surface area contributed by atoms with Crippen molar-refractivity contribution in [3.05, 3.63) is 79.9 Å². The Balaban J connectivity index is 2.05. The monoisotopic (exact) mass is 538 g/mol. The average molecular weight is 539 g/mol. The van der Waals surface area contributed by atoms with Crippen molar-refractivity contribution in [3.63, 3.8) is 0 Å². The van der Waals surface area contributed by atoms with E-state index >= 15 is 0 Å². The second-order valence-electron chi connectivity index (χ2n) is 12.6. The molecule has 0 heterocycles. The molecule has 0 heteroatoms. The van der Waals surface area contributed by atoms with Crippen molar-refractivity contribution in [2.45, 2.75) is 157 Å². The van der Waals surface area contributed by atoms with E-state index in [1.165, 1.54) is 116 Å². The quantitative estimate of drug-likeness (QED) is 0.133. The maximum atomic E-state index is 2.43. The molecule has 1 aliphatic rings. The number of hydrogen-bond acceptors (Lipinski definition) is 0. The molecule has 0 saturated carbocycles. The summed E-state index contributed by atoms with van der Waals surface area (Å²) in [5.74, 6) is 0. The summed E-state index contributed by atoms with van der Waals surface area (Å²) in [5, 5.41) is 3.09. The van der Waals surface area contributed by atoms with E-state index in [2.05, 4.69) is 65.8 Å². The third kappa shape index (κ3) is 6.37. The summed E-state index contributed by atoms with van der Waals surface area (Å²) in [6.45, 7) is 14.3. The zero-order chi connectivity index (χ0) is 28.5. The number of fused-ring (bicyclic) bond motifs is 3. The molecule has 3 aromatic carbocycles. The minimum Gasteiger partial charge on any atom is -0.0654 e. The lowest BCUT2D eigenvalue weighted by Crippen LogP contribution is -2.21. The number of aryl methyl sites for hydroxylation is 2. The molecule has 0 unspecified atom stereocenters. The second-order valence-corrected chi connectivity index (χ2v) is 12.6. The van der Waals surface area contributed by atoms with Crippen LogP contribution in [-0.2, 0) is 51.4 Å². The number of benzene rings is 3. The van der Waals surface area contributed by atoms with Gasteiger partial charge in [0.25, 0.3) is 0 Å². The Hall–Kier alpha value is -2.08. The van der Waals surface area contributed by atoms with Crippen LogP contribution in [0.1, 0.15) is 161 Å². The van der Waals surface area contributed by atoms with Crippen LogP contribution in [0.3, 0.4) is 0 Å². The first-order valence-corrected chi connectivity index (χ1v) is 17.4. The van der Waals surface area contributed by atoms with Crippen molar-refractivity contribution in [3.8, 4) is 0 Å². The van der Waals surface area contributed by atoms with Gasteiger partial charge < -0.3 is 0 Å². The second kappa shape index (κ2) is 15.2. The summed E-state index contributed by atoms with van der Waals surface area (Å²) in [7, 11) is 0. The highest BCUT2D eigenvalue weighted by atomic mass is 14.3. The van der Waals surface area contributed by atoms with Crippen LogP contribution in [0.4, 0.5) is 0 Å². The van der Waals surface area contributed by atoms with E-state index in [0.717, 1.165) is 0 Å². The first kappa shape index (κ1) is 30.9. The van der Waals surface area contributed by atoms with Crippen molar-refractivity contribution in [2.24, 2.45) is 0 Å². The highest BCUT2D eigenvalue weighted by Gasteiger charge is 2.30. The minimum atomic E-state index is 1.17. The van der Waals surface area contributed by atoms with Crippen molar-refractivity contribution >= 4 is 10.8 Å². The molecule has 0 saturated heterocycles. The SMILES string of the molecule is CCCCc1c(CCCC)c(CCCC)c2c(c1CCCC)Cc1c(c(CCC)c3ccccc3c1CCC)C2. The zero-order valence-corrected chi connectivity index (χ0v) is 27.0. The summed E-state index contributed by atoms with van der Waals surface area (Å²) < 4.78 is 0. The van der Waals surface area contributed by atoms with E-state index in [9.17, 15) is 0 Å². The van der Waals surface area contributed by atoms with Crippen LogP contribution in [0.5, 0.6) is 0 Å². The van der Waals surface area contributed by atoms with Crippen LogP contribution in [0.25, 0.3) is 10.8 Å². The summed E-state index contributed by atoms with van der Waals surface area (Å²) in [5.41, 5.74) is 17.5. The Morgan fingerprint density at radius 2 is 0.700 bits per heavy atom. The molecule has 0 fully saturated rings. The Morgan fingerprint density at radius 1 is 0.375 bits per heavy atom. The number of unbranched alkanes of at least 4 members (excludes halogenated alkanes) is 4. The lowest BCUT2D eigenvalue weighted by atomic mass is 9.71. The maximum absolute atomic E-state index is 2.43. The van der Waals surface area contributed by atoms with Gasteiger partial charge in [0.2, 0.25) is 0 Å². The van der Waals surface area contributed by atoms with Gasteiger partial charge in [0.15, 0.2) is 0 Å². The molecule has 0 radical (unpaired) electrons. The van der Waals surface area contributed by atoms with E-state index < -0.39 is 0 Å². The predicted octanol–water partition coefficient (Wildman–Crippen LogP) is 11.6. The largest absolute Gasteiger partial charge is 0.0654 e. The molecule has 0 amide bonds. The Bertz CT molecular complexity index is 1160. The lowest BCUT2D eigenvalue weighted by molar-refractivity contribution is 0.703. The number of hydrogen-bond donors (Lipinski definition) is 0. The summed E-state index contributed by atoms with van der Waals surface area (Å²) in [6, 6.07) is 9.42. The molecule has 40 heavy (non-hydrogen) atoms. The van der Waals surface area contributed by atoms with E-state index in [0.29, 0.717) is 0 Å². The summed E-state index contributed by atoms with van der Waals surface area (Å²) in [6.07, 6.45) is 22.8. The average Bonchev–Trinajstić information content (AvgIpc) is 2.98. The summed E-state index contributed by atoms with van der Waals surface area (Å²) >= 11 is 0. The molecular formula is C40H58. The molecule has 0 bridgehead atoms. The Kier molecular flexibility index (Phi) is 11.8. The third-order valence-corrected chi connectivity index (χ3v) is 9.68. The molecule has 0 spiro atoms. The molecule has 4 rings (SSSR count). The Morgan fingerprint density at radius 3 is 1.02 bits per heavy atom. The van der Waals surface area contributed by atoms with E-state index in [1.54, 1.807) is 66.4 Å². The fourth-order valence-corrected chi connectivity index (χ4v) is 7.69. The van der Waals surface area contributed by atoms with Crippen LogP contribution >= 0.6 is 0 Å². The fraction of sp³-hybridized carbons (Fsp3) is 0.600. The van der Waals surface area contributed by atoms with Crippen LogP contribution < -0.4 is 0 Å². The van der Waals surface area contributed by atoms with Gasteiger partial charge in [-0.05, 0) is 143 Å².